The maximum absolute atomic E-state index is 4.34. The van der Waals surface area contributed by atoms with Crippen LogP contribution in [0.1, 0.15) is 43.3 Å². The van der Waals surface area contributed by atoms with Crippen LogP contribution in [0.25, 0.3) is 11.3 Å². The van der Waals surface area contributed by atoms with Gasteiger partial charge < -0.3 is 0 Å². The SMILES string of the molecule is CC(C)c1ccc(-c2cn([C@H](C)c3nccs3)nn2)cc1. The molecular weight excluding hydrogens is 280 g/mol. The molecule has 3 aromatic rings. The Bertz CT molecular complexity index is 698. The van der Waals surface area contributed by atoms with Gasteiger partial charge in [0.15, 0.2) is 0 Å². The summed E-state index contributed by atoms with van der Waals surface area (Å²) in [4.78, 5) is 4.34. The average Bonchev–Trinajstić information content (AvgIpc) is 3.18. The van der Waals surface area contributed by atoms with Crippen LogP contribution < -0.4 is 0 Å². The molecule has 2 heterocycles. The molecule has 0 unspecified atom stereocenters. The minimum absolute atomic E-state index is 0.112. The van der Waals surface area contributed by atoms with Crippen molar-refractivity contribution in [3.05, 3.63) is 52.6 Å². The largest absolute Gasteiger partial charge is 0.247 e. The van der Waals surface area contributed by atoms with Gasteiger partial charge in [-0.2, -0.15) is 0 Å². The van der Waals surface area contributed by atoms with Crippen molar-refractivity contribution >= 4 is 11.3 Å². The Morgan fingerprint density at radius 3 is 2.48 bits per heavy atom. The molecule has 0 radical (unpaired) electrons. The van der Waals surface area contributed by atoms with Gasteiger partial charge in [-0.3, -0.25) is 0 Å². The zero-order valence-corrected chi connectivity index (χ0v) is 13.2. The van der Waals surface area contributed by atoms with E-state index in [-0.39, 0.29) is 6.04 Å². The van der Waals surface area contributed by atoms with Crippen LogP contribution in [-0.4, -0.2) is 20.0 Å². The minimum atomic E-state index is 0.112. The molecule has 0 aliphatic rings. The molecule has 5 heteroatoms. The second-order valence-corrected chi connectivity index (χ2v) is 6.33. The Morgan fingerprint density at radius 1 is 1.10 bits per heavy atom. The van der Waals surface area contributed by atoms with Crippen LogP contribution >= 0.6 is 11.3 Å². The molecule has 0 bridgehead atoms. The van der Waals surface area contributed by atoms with Gasteiger partial charge in [-0.25, -0.2) is 9.67 Å². The van der Waals surface area contributed by atoms with E-state index in [9.17, 15) is 0 Å². The number of hydrogen-bond acceptors (Lipinski definition) is 4. The van der Waals surface area contributed by atoms with Gasteiger partial charge in [0.1, 0.15) is 16.7 Å². The van der Waals surface area contributed by atoms with Crippen molar-refractivity contribution < 1.29 is 0 Å². The van der Waals surface area contributed by atoms with Crippen molar-refractivity contribution in [2.75, 3.05) is 0 Å². The van der Waals surface area contributed by atoms with Gasteiger partial charge in [0, 0.05) is 17.1 Å². The van der Waals surface area contributed by atoms with E-state index in [0.29, 0.717) is 5.92 Å². The molecule has 0 fully saturated rings. The van der Waals surface area contributed by atoms with E-state index < -0.39 is 0 Å². The fourth-order valence-electron chi connectivity index (χ4n) is 2.19. The van der Waals surface area contributed by atoms with Gasteiger partial charge in [-0.05, 0) is 18.4 Å². The molecule has 2 aromatic heterocycles. The maximum atomic E-state index is 4.34. The Hall–Kier alpha value is -2.01. The molecule has 0 saturated heterocycles. The van der Waals surface area contributed by atoms with Crippen LogP contribution in [0.3, 0.4) is 0 Å². The van der Waals surface area contributed by atoms with Crippen LogP contribution in [0.4, 0.5) is 0 Å². The molecule has 0 saturated carbocycles. The van der Waals surface area contributed by atoms with Gasteiger partial charge in [-0.15, -0.1) is 16.4 Å². The fourth-order valence-corrected chi connectivity index (χ4v) is 2.88. The van der Waals surface area contributed by atoms with E-state index in [1.165, 1.54) is 5.56 Å². The zero-order valence-electron chi connectivity index (χ0n) is 12.4. The minimum Gasteiger partial charge on any atom is -0.247 e. The molecule has 0 aliphatic heterocycles. The first-order valence-electron chi connectivity index (χ1n) is 7.06. The quantitative estimate of drug-likeness (QED) is 0.727. The lowest BCUT2D eigenvalue weighted by atomic mass is 10.0. The first-order chi connectivity index (χ1) is 10.1. The molecule has 108 valence electrons. The molecule has 1 aromatic carbocycles. The Kier molecular flexibility index (Phi) is 3.84. The van der Waals surface area contributed by atoms with Gasteiger partial charge >= 0.3 is 0 Å². The number of thiazole rings is 1. The maximum Gasteiger partial charge on any atom is 0.117 e. The van der Waals surface area contributed by atoms with Crippen LogP contribution in [0, 0.1) is 0 Å². The molecule has 1 atom stereocenters. The summed E-state index contributed by atoms with van der Waals surface area (Å²) in [5, 5.41) is 11.5. The highest BCUT2D eigenvalue weighted by Gasteiger charge is 2.13. The average molecular weight is 298 g/mol. The summed E-state index contributed by atoms with van der Waals surface area (Å²) in [6.45, 7) is 6.47. The third-order valence-electron chi connectivity index (χ3n) is 3.59. The van der Waals surface area contributed by atoms with E-state index in [1.807, 2.05) is 22.5 Å². The molecule has 21 heavy (non-hydrogen) atoms. The van der Waals surface area contributed by atoms with Gasteiger partial charge in [0.25, 0.3) is 0 Å². The Morgan fingerprint density at radius 2 is 1.86 bits per heavy atom. The van der Waals surface area contributed by atoms with Gasteiger partial charge in [0.2, 0.25) is 0 Å². The van der Waals surface area contributed by atoms with Crippen LogP contribution in [0.15, 0.2) is 42.0 Å². The van der Waals surface area contributed by atoms with E-state index in [4.69, 9.17) is 0 Å². The molecule has 0 aliphatic carbocycles. The lowest BCUT2D eigenvalue weighted by Gasteiger charge is -2.07. The Balaban J connectivity index is 1.84. The molecule has 3 rings (SSSR count). The summed E-state index contributed by atoms with van der Waals surface area (Å²) in [5.41, 5.74) is 3.33. The summed E-state index contributed by atoms with van der Waals surface area (Å²) in [6.07, 6.45) is 3.80. The highest BCUT2D eigenvalue weighted by atomic mass is 32.1. The van der Waals surface area contributed by atoms with E-state index in [1.54, 1.807) is 11.3 Å². The van der Waals surface area contributed by atoms with Crippen LogP contribution in [-0.2, 0) is 0 Å². The second kappa shape index (κ2) is 5.77. The van der Waals surface area contributed by atoms with Crippen molar-refractivity contribution in [1.29, 1.82) is 0 Å². The normalized spacial score (nSPS) is 12.8. The summed E-state index contributed by atoms with van der Waals surface area (Å²) in [5.74, 6) is 0.541. The standard InChI is InChI=1S/C16H18N4S/c1-11(2)13-4-6-14(7-5-13)15-10-20(19-18-15)12(3)16-17-8-9-21-16/h4-12H,1-3H3/t12-/m1/s1. The van der Waals surface area contributed by atoms with E-state index >= 15 is 0 Å². The fraction of sp³-hybridized carbons (Fsp3) is 0.312. The molecule has 0 spiro atoms. The van der Waals surface area contributed by atoms with Crippen molar-refractivity contribution in [3.8, 4) is 11.3 Å². The summed E-state index contributed by atoms with van der Waals surface area (Å²) >= 11 is 1.64. The van der Waals surface area contributed by atoms with Gasteiger partial charge in [-0.1, -0.05) is 43.3 Å². The number of rotatable bonds is 4. The molecular formula is C16H18N4S. The number of nitrogens with zero attached hydrogens (tertiary/aromatic N) is 4. The highest BCUT2D eigenvalue weighted by Crippen LogP contribution is 2.23. The topological polar surface area (TPSA) is 43.6 Å². The first kappa shape index (κ1) is 13.9. The van der Waals surface area contributed by atoms with Crippen molar-refractivity contribution in [2.24, 2.45) is 0 Å². The monoisotopic (exact) mass is 298 g/mol. The third-order valence-corrected chi connectivity index (χ3v) is 4.53. The van der Waals surface area contributed by atoms with E-state index in [2.05, 4.69) is 60.3 Å². The van der Waals surface area contributed by atoms with Crippen LogP contribution in [0.5, 0.6) is 0 Å². The van der Waals surface area contributed by atoms with Crippen molar-refractivity contribution in [2.45, 2.75) is 32.7 Å². The Labute approximate surface area is 128 Å². The second-order valence-electron chi connectivity index (χ2n) is 5.41. The number of hydrogen-bond donors (Lipinski definition) is 0. The number of aromatic nitrogens is 4. The summed E-state index contributed by atoms with van der Waals surface area (Å²) in [7, 11) is 0. The van der Waals surface area contributed by atoms with Gasteiger partial charge in [0.05, 0.1) is 6.20 Å². The predicted octanol–water partition coefficient (Wildman–Crippen LogP) is 4.13. The summed E-state index contributed by atoms with van der Waals surface area (Å²) in [6, 6.07) is 8.64. The van der Waals surface area contributed by atoms with Crippen LogP contribution in [0.2, 0.25) is 0 Å². The molecule has 0 N–H and O–H groups in total. The summed E-state index contributed by atoms with van der Waals surface area (Å²) < 4.78 is 1.87. The molecule has 4 nitrogen and oxygen atoms in total. The number of benzene rings is 1. The first-order valence-corrected chi connectivity index (χ1v) is 7.94. The zero-order chi connectivity index (χ0) is 14.8. The molecule has 0 amide bonds. The predicted molar refractivity (Wildman–Crippen MR) is 85.5 cm³/mol. The third kappa shape index (κ3) is 2.88. The van der Waals surface area contributed by atoms with Crippen molar-refractivity contribution in [1.82, 2.24) is 20.0 Å². The highest BCUT2D eigenvalue weighted by molar-refractivity contribution is 7.09. The van der Waals surface area contributed by atoms with E-state index in [0.717, 1.165) is 16.3 Å². The van der Waals surface area contributed by atoms with Crippen molar-refractivity contribution in [3.63, 3.8) is 0 Å². The lowest BCUT2D eigenvalue weighted by Crippen LogP contribution is -2.06. The lowest BCUT2D eigenvalue weighted by molar-refractivity contribution is 0.541. The smallest absolute Gasteiger partial charge is 0.117 e.